The fourth-order valence-electron chi connectivity index (χ4n) is 5.05. The van der Waals surface area contributed by atoms with Gasteiger partial charge in [0.15, 0.2) is 0 Å². The number of rotatable bonds is 6. The van der Waals surface area contributed by atoms with Crippen LogP contribution in [0.2, 0.25) is 0 Å². The van der Waals surface area contributed by atoms with E-state index >= 15 is 0 Å². The monoisotopic (exact) mass is 570 g/mol. The van der Waals surface area contributed by atoms with Gasteiger partial charge in [0, 0.05) is 26.1 Å². The van der Waals surface area contributed by atoms with Crippen molar-refractivity contribution in [1.29, 1.82) is 10.8 Å². The number of nitrogens with one attached hydrogen (secondary N) is 3. The van der Waals surface area contributed by atoms with Gasteiger partial charge in [-0.1, -0.05) is 30.3 Å². The van der Waals surface area contributed by atoms with E-state index in [0.29, 0.717) is 11.4 Å². The molecule has 2 aromatic carbocycles. The molecule has 41 heavy (non-hydrogen) atoms. The summed E-state index contributed by atoms with van der Waals surface area (Å²) in [7, 11) is 0. The molecule has 14 heteroatoms. The predicted molar refractivity (Wildman–Crippen MR) is 137 cm³/mol. The Bertz CT molecular complexity index is 1460. The molecule has 5 rings (SSSR count). The van der Waals surface area contributed by atoms with E-state index in [4.69, 9.17) is 15.6 Å². The van der Waals surface area contributed by atoms with Gasteiger partial charge in [-0.2, -0.15) is 13.2 Å². The van der Waals surface area contributed by atoms with Gasteiger partial charge in [-0.05, 0) is 29.7 Å². The Morgan fingerprint density at radius 2 is 1.71 bits per heavy atom. The number of benzene rings is 2. The average molecular weight is 571 g/mol. The zero-order valence-electron chi connectivity index (χ0n) is 21.6. The molecule has 2 aromatic rings. The van der Waals surface area contributed by atoms with E-state index in [1.54, 1.807) is 24.3 Å². The van der Waals surface area contributed by atoms with Gasteiger partial charge < -0.3 is 9.64 Å². The molecule has 3 N–H and O–H groups in total. The molecular weight excluding hydrogens is 545 g/mol. The van der Waals surface area contributed by atoms with E-state index in [2.05, 4.69) is 5.32 Å². The number of carbonyl (C=O) groups is 4. The largest absolute Gasteiger partial charge is 0.488 e. The Balaban J connectivity index is 1.20. The number of carbonyl (C=O) groups excluding carboxylic acids is 4. The molecule has 4 amide bonds. The second kappa shape index (κ2) is 10.8. The van der Waals surface area contributed by atoms with Gasteiger partial charge in [0.2, 0.25) is 17.6 Å². The summed E-state index contributed by atoms with van der Waals surface area (Å²) in [5.41, 5.74) is 1.78. The van der Waals surface area contributed by atoms with Crippen LogP contribution in [-0.4, -0.2) is 81.9 Å². The highest BCUT2D eigenvalue weighted by Crippen LogP contribution is 2.34. The van der Waals surface area contributed by atoms with Crippen LogP contribution in [0, 0.1) is 10.8 Å². The van der Waals surface area contributed by atoms with Crippen molar-refractivity contribution >= 4 is 35.3 Å². The van der Waals surface area contributed by atoms with Gasteiger partial charge in [-0.15, -0.1) is 0 Å². The minimum atomic E-state index is -4.80. The molecule has 3 heterocycles. The summed E-state index contributed by atoms with van der Waals surface area (Å²) in [5, 5.41) is 17.4. The molecule has 0 saturated carbocycles. The molecule has 3 aliphatic heterocycles. The molecule has 0 spiro atoms. The lowest BCUT2D eigenvalue weighted by Gasteiger charge is -2.36. The standard InChI is InChI=1S/C27H25F3N6O5/c28-27(29,30)26(32)35-11-10-34(13-20(35)31)12-15-4-6-16(7-5-15)14-41-19-3-1-2-17-22(19)25(40)36(24(17)39)18-8-9-21(37)33-23(18)38/h1-7,18,31-32H,8-14H2,(H,33,37,38). The van der Waals surface area contributed by atoms with Crippen LogP contribution in [0.4, 0.5) is 13.2 Å². The van der Waals surface area contributed by atoms with Crippen molar-refractivity contribution < 1.29 is 37.1 Å². The molecule has 0 aliphatic carbocycles. The molecule has 11 nitrogen and oxygen atoms in total. The molecule has 3 aliphatic rings. The summed E-state index contributed by atoms with van der Waals surface area (Å²) in [6.45, 7) is 0.598. The van der Waals surface area contributed by atoms with Crippen LogP contribution in [0.5, 0.6) is 5.75 Å². The topological polar surface area (TPSA) is 147 Å². The minimum Gasteiger partial charge on any atom is -0.488 e. The van der Waals surface area contributed by atoms with Gasteiger partial charge in [0.1, 0.15) is 24.2 Å². The van der Waals surface area contributed by atoms with E-state index in [0.717, 1.165) is 16.0 Å². The lowest BCUT2D eigenvalue weighted by atomic mass is 10.0. The van der Waals surface area contributed by atoms with Crippen LogP contribution in [0.1, 0.15) is 44.7 Å². The lowest BCUT2D eigenvalue weighted by molar-refractivity contribution is -0.136. The Morgan fingerprint density at radius 1 is 1.00 bits per heavy atom. The van der Waals surface area contributed by atoms with E-state index in [1.165, 1.54) is 6.07 Å². The number of alkyl halides is 3. The first-order valence-corrected chi connectivity index (χ1v) is 12.7. The van der Waals surface area contributed by atoms with E-state index in [1.807, 2.05) is 17.0 Å². The minimum absolute atomic E-state index is 0.0185. The van der Waals surface area contributed by atoms with Gasteiger partial charge in [0.05, 0.1) is 17.7 Å². The molecule has 0 aromatic heterocycles. The van der Waals surface area contributed by atoms with Crippen molar-refractivity contribution in [3.63, 3.8) is 0 Å². The maximum Gasteiger partial charge on any atom is 0.449 e. The fourth-order valence-corrected chi connectivity index (χ4v) is 5.05. The summed E-state index contributed by atoms with van der Waals surface area (Å²) in [6, 6.07) is 10.8. The maximum absolute atomic E-state index is 13.2. The number of fused-ring (bicyclic) bond motifs is 1. The SMILES string of the molecule is N=C1CN(Cc2ccc(COc3cccc4c3C(=O)N(C3CCC(=O)NC3=O)C4=O)cc2)CCN1C(=N)C(F)(F)F. The van der Waals surface area contributed by atoms with Crippen LogP contribution in [-0.2, 0) is 22.7 Å². The number of amides is 4. The lowest BCUT2D eigenvalue weighted by Crippen LogP contribution is -2.54. The van der Waals surface area contributed by atoms with Gasteiger partial charge in [-0.25, -0.2) is 0 Å². The normalized spacial score (nSPS) is 19.9. The van der Waals surface area contributed by atoms with Gasteiger partial charge in [0.25, 0.3) is 11.8 Å². The summed E-state index contributed by atoms with van der Waals surface area (Å²) in [6.07, 6.45) is -4.74. The quantitative estimate of drug-likeness (QED) is 0.274. The van der Waals surface area contributed by atoms with Crippen molar-refractivity contribution in [2.24, 2.45) is 0 Å². The number of amidine groups is 2. The van der Waals surface area contributed by atoms with Crippen molar-refractivity contribution in [3.05, 3.63) is 64.7 Å². The van der Waals surface area contributed by atoms with E-state index in [-0.39, 0.29) is 61.8 Å². The molecule has 0 bridgehead atoms. The Kier molecular flexibility index (Phi) is 7.34. The van der Waals surface area contributed by atoms with Crippen molar-refractivity contribution in [1.82, 2.24) is 20.0 Å². The van der Waals surface area contributed by atoms with Crippen LogP contribution in [0.15, 0.2) is 42.5 Å². The smallest absolute Gasteiger partial charge is 0.449 e. The van der Waals surface area contributed by atoms with E-state index < -0.39 is 41.7 Å². The molecule has 1 unspecified atom stereocenters. The van der Waals surface area contributed by atoms with Gasteiger partial charge in [-0.3, -0.25) is 45.1 Å². The highest BCUT2D eigenvalue weighted by molar-refractivity contribution is 6.24. The average Bonchev–Trinajstić information content (AvgIpc) is 3.17. The van der Waals surface area contributed by atoms with Crippen LogP contribution in [0.25, 0.3) is 0 Å². The fraction of sp³-hybridized carbons (Fsp3) is 0.333. The number of piperidine rings is 1. The number of hydrogen-bond donors (Lipinski definition) is 3. The molecule has 0 radical (unpaired) electrons. The van der Waals surface area contributed by atoms with Crippen LogP contribution < -0.4 is 10.1 Å². The third-order valence-corrected chi connectivity index (χ3v) is 7.13. The summed E-state index contributed by atoms with van der Waals surface area (Å²) < 4.78 is 44.4. The highest BCUT2D eigenvalue weighted by Gasteiger charge is 2.46. The summed E-state index contributed by atoms with van der Waals surface area (Å²) >= 11 is 0. The number of imide groups is 2. The third kappa shape index (κ3) is 5.55. The van der Waals surface area contributed by atoms with Crippen molar-refractivity contribution in [2.45, 2.75) is 38.2 Å². The number of hydrogen-bond acceptors (Lipinski definition) is 8. The molecular formula is C27H25F3N6O5. The zero-order valence-corrected chi connectivity index (χ0v) is 21.6. The van der Waals surface area contributed by atoms with Gasteiger partial charge >= 0.3 is 6.18 Å². The summed E-state index contributed by atoms with van der Waals surface area (Å²) in [5.74, 6) is -4.09. The van der Waals surface area contributed by atoms with Crippen LogP contribution >= 0.6 is 0 Å². The Morgan fingerprint density at radius 3 is 2.37 bits per heavy atom. The number of ether oxygens (including phenoxy) is 1. The zero-order chi connectivity index (χ0) is 29.5. The Labute approximate surface area is 231 Å². The first kappa shape index (κ1) is 28.0. The molecule has 1 atom stereocenters. The first-order chi connectivity index (χ1) is 19.4. The Hall–Kier alpha value is -4.59. The number of piperazine rings is 1. The molecule has 214 valence electrons. The molecule has 2 fully saturated rings. The highest BCUT2D eigenvalue weighted by atomic mass is 19.4. The van der Waals surface area contributed by atoms with Crippen molar-refractivity contribution in [2.75, 3.05) is 19.6 Å². The van der Waals surface area contributed by atoms with Crippen LogP contribution in [0.3, 0.4) is 0 Å². The second-order valence-electron chi connectivity index (χ2n) is 9.89. The second-order valence-corrected chi connectivity index (χ2v) is 9.89. The van der Waals surface area contributed by atoms with Crippen molar-refractivity contribution in [3.8, 4) is 5.75 Å². The first-order valence-electron chi connectivity index (χ1n) is 12.7. The maximum atomic E-state index is 13.2. The third-order valence-electron chi connectivity index (χ3n) is 7.13. The number of nitrogens with zero attached hydrogens (tertiary/aromatic N) is 3. The number of halogens is 3. The summed E-state index contributed by atoms with van der Waals surface area (Å²) in [4.78, 5) is 53.3. The predicted octanol–water partition coefficient (Wildman–Crippen LogP) is 2.30. The van der Waals surface area contributed by atoms with E-state index in [9.17, 15) is 32.3 Å². The molecule has 2 saturated heterocycles.